The highest BCUT2D eigenvalue weighted by atomic mass is 35.5. The van der Waals surface area contributed by atoms with E-state index in [1.807, 2.05) is 84.2 Å². The highest BCUT2D eigenvalue weighted by Crippen LogP contribution is 2.37. The van der Waals surface area contributed by atoms with Gasteiger partial charge in [-0.3, -0.25) is 9.59 Å². The molecule has 0 aliphatic heterocycles. The van der Waals surface area contributed by atoms with Gasteiger partial charge >= 0.3 is 0 Å². The maximum atomic E-state index is 13.3. The maximum absolute atomic E-state index is 13.3. The number of amides is 2. The van der Waals surface area contributed by atoms with Crippen molar-refractivity contribution in [2.24, 2.45) is 0 Å². The molecule has 0 saturated heterocycles. The quantitative estimate of drug-likeness (QED) is 0.275. The Morgan fingerprint density at radius 2 is 1.73 bits per heavy atom. The maximum Gasteiger partial charge on any atom is 0.244 e. The number of hydrogen-bond acceptors (Lipinski definition) is 5. The predicted molar refractivity (Wildman–Crippen MR) is 137 cm³/mol. The van der Waals surface area contributed by atoms with Gasteiger partial charge in [0.25, 0.3) is 0 Å². The molecule has 1 atom stereocenters. The van der Waals surface area contributed by atoms with Crippen molar-refractivity contribution in [3.63, 3.8) is 0 Å². The molecule has 0 bridgehead atoms. The molecule has 1 unspecified atom stereocenters. The molecule has 8 heteroatoms. The summed E-state index contributed by atoms with van der Waals surface area (Å²) in [7, 11) is 0. The van der Waals surface area contributed by atoms with Crippen LogP contribution in [0.5, 0.6) is 0 Å². The Kier molecular flexibility index (Phi) is 7.44. The van der Waals surface area contributed by atoms with Gasteiger partial charge in [-0.15, -0.1) is 23.1 Å². The van der Waals surface area contributed by atoms with E-state index in [1.165, 1.54) is 30.0 Å². The molecule has 33 heavy (non-hydrogen) atoms. The smallest absolute Gasteiger partial charge is 0.244 e. The van der Waals surface area contributed by atoms with Gasteiger partial charge in [-0.2, -0.15) is 0 Å². The molecule has 0 fully saturated rings. The average molecular weight is 494 g/mol. The summed E-state index contributed by atoms with van der Waals surface area (Å²) < 4.78 is 0. The summed E-state index contributed by atoms with van der Waals surface area (Å²) in [4.78, 5) is 30.2. The van der Waals surface area contributed by atoms with Crippen LogP contribution in [0.2, 0.25) is 5.02 Å². The molecular formula is C25H20ClN3O2S2. The average Bonchev–Trinajstić information content (AvgIpc) is 3.26. The first-order chi connectivity index (χ1) is 16.0. The molecule has 5 nitrogen and oxygen atoms in total. The summed E-state index contributed by atoms with van der Waals surface area (Å²) in [5.74, 6) is -0.317. The number of thiazole rings is 1. The predicted octanol–water partition coefficient (Wildman–Crippen LogP) is 6.89. The van der Waals surface area contributed by atoms with Gasteiger partial charge in [0.1, 0.15) is 5.25 Å². The zero-order chi connectivity index (χ0) is 23.2. The fraction of sp³-hybridized carbons (Fsp3) is 0.0800. The van der Waals surface area contributed by atoms with Gasteiger partial charge in [0.05, 0.1) is 5.69 Å². The summed E-state index contributed by atoms with van der Waals surface area (Å²) in [6.07, 6.45) is 0. The molecule has 4 aromatic rings. The summed E-state index contributed by atoms with van der Waals surface area (Å²) in [5.41, 5.74) is 3.27. The van der Waals surface area contributed by atoms with Crippen molar-refractivity contribution < 1.29 is 9.59 Å². The minimum atomic E-state index is -0.498. The summed E-state index contributed by atoms with van der Waals surface area (Å²) in [6, 6.07) is 24.4. The number of anilines is 2. The first-order valence-corrected chi connectivity index (χ1v) is 12.2. The third-order valence-corrected chi connectivity index (χ3v) is 6.88. The van der Waals surface area contributed by atoms with Crippen molar-refractivity contribution in [2.45, 2.75) is 17.1 Å². The van der Waals surface area contributed by atoms with Crippen LogP contribution in [-0.2, 0) is 9.59 Å². The highest BCUT2D eigenvalue weighted by Gasteiger charge is 2.23. The summed E-state index contributed by atoms with van der Waals surface area (Å²) in [5, 5.41) is 8.33. The van der Waals surface area contributed by atoms with Crippen molar-refractivity contribution in [1.82, 2.24) is 4.98 Å². The number of thioether (sulfide) groups is 1. The lowest BCUT2D eigenvalue weighted by molar-refractivity contribution is -0.116. The van der Waals surface area contributed by atoms with E-state index in [-0.39, 0.29) is 11.8 Å². The van der Waals surface area contributed by atoms with Crippen LogP contribution in [0.3, 0.4) is 0 Å². The number of nitrogens with zero attached hydrogens (tertiary/aromatic N) is 1. The van der Waals surface area contributed by atoms with E-state index in [0.29, 0.717) is 15.8 Å². The van der Waals surface area contributed by atoms with Crippen molar-refractivity contribution in [3.05, 3.63) is 94.8 Å². The lowest BCUT2D eigenvalue weighted by Crippen LogP contribution is -2.19. The zero-order valence-electron chi connectivity index (χ0n) is 17.6. The minimum Gasteiger partial charge on any atom is -0.326 e. The fourth-order valence-corrected chi connectivity index (χ4v) is 5.07. The SMILES string of the molecule is CC(=O)Nc1cccc(SC(C(=O)Nc2nc(-c3ccc(Cl)cc3)cs2)c2ccccc2)c1. The number of aromatic nitrogens is 1. The molecule has 1 heterocycles. The second-order valence-electron chi connectivity index (χ2n) is 7.15. The van der Waals surface area contributed by atoms with Crippen LogP contribution in [0.4, 0.5) is 10.8 Å². The van der Waals surface area contributed by atoms with E-state index in [9.17, 15) is 9.59 Å². The Bertz CT molecular complexity index is 1260. The Morgan fingerprint density at radius 1 is 0.970 bits per heavy atom. The van der Waals surface area contributed by atoms with E-state index < -0.39 is 5.25 Å². The normalized spacial score (nSPS) is 11.6. The lowest BCUT2D eigenvalue weighted by atomic mass is 10.1. The first kappa shape index (κ1) is 23.0. The topological polar surface area (TPSA) is 71.1 Å². The van der Waals surface area contributed by atoms with Gasteiger partial charge in [0, 0.05) is 33.5 Å². The number of carbonyl (C=O) groups excluding carboxylic acids is 2. The Labute approximate surface area is 205 Å². The third kappa shape index (κ3) is 6.22. The molecule has 4 rings (SSSR count). The monoisotopic (exact) mass is 493 g/mol. The lowest BCUT2D eigenvalue weighted by Gasteiger charge is -2.16. The van der Waals surface area contributed by atoms with Crippen LogP contribution < -0.4 is 10.6 Å². The Hall–Kier alpha value is -3.13. The van der Waals surface area contributed by atoms with E-state index in [2.05, 4.69) is 15.6 Å². The van der Waals surface area contributed by atoms with Gasteiger partial charge in [0.15, 0.2) is 5.13 Å². The van der Waals surface area contributed by atoms with E-state index in [0.717, 1.165) is 21.7 Å². The van der Waals surface area contributed by atoms with Gasteiger partial charge in [-0.05, 0) is 35.9 Å². The number of carbonyl (C=O) groups is 2. The molecule has 0 aliphatic rings. The van der Waals surface area contributed by atoms with E-state index in [1.54, 1.807) is 0 Å². The summed E-state index contributed by atoms with van der Waals surface area (Å²) in [6.45, 7) is 1.46. The van der Waals surface area contributed by atoms with Gasteiger partial charge in [0.2, 0.25) is 11.8 Å². The van der Waals surface area contributed by atoms with Crippen molar-refractivity contribution in [2.75, 3.05) is 10.6 Å². The molecule has 166 valence electrons. The number of nitrogens with one attached hydrogen (secondary N) is 2. The second kappa shape index (κ2) is 10.7. The highest BCUT2D eigenvalue weighted by molar-refractivity contribution is 8.00. The molecule has 3 aromatic carbocycles. The van der Waals surface area contributed by atoms with Crippen LogP contribution in [0.1, 0.15) is 17.7 Å². The van der Waals surface area contributed by atoms with Crippen molar-refractivity contribution in [3.8, 4) is 11.3 Å². The Morgan fingerprint density at radius 3 is 2.45 bits per heavy atom. The molecule has 2 N–H and O–H groups in total. The molecule has 0 aliphatic carbocycles. The number of rotatable bonds is 7. The summed E-state index contributed by atoms with van der Waals surface area (Å²) >= 11 is 8.76. The van der Waals surface area contributed by atoms with Gasteiger partial charge in [-0.25, -0.2) is 4.98 Å². The van der Waals surface area contributed by atoms with Crippen molar-refractivity contribution >= 4 is 57.3 Å². The molecular weight excluding hydrogens is 474 g/mol. The molecule has 0 radical (unpaired) electrons. The minimum absolute atomic E-state index is 0.144. The van der Waals surface area contributed by atoms with Crippen LogP contribution in [0.25, 0.3) is 11.3 Å². The second-order valence-corrected chi connectivity index (χ2v) is 9.62. The zero-order valence-corrected chi connectivity index (χ0v) is 20.0. The van der Waals surface area contributed by atoms with Crippen LogP contribution in [0.15, 0.2) is 89.1 Å². The first-order valence-electron chi connectivity index (χ1n) is 10.1. The molecule has 0 saturated carbocycles. The number of halogens is 1. The fourth-order valence-electron chi connectivity index (χ4n) is 3.14. The van der Waals surface area contributed by atoms with Crippen LogP contribution in [-0.4, -0.2) is 16.8 Å². The molecule has 0 spiro atoms. The number of hydrogen-bond donors (Lipinski definition) is 2. The third-order valence-electron chi connectivity index (χ3n) is 4.62. The van der Waals surface area contributed by atoms with Crippen LogP contribution >= 0.6 is 34.7 Å². The number of benzene rings is 3. The van der Waals surface area contributed by atoms with Gasteiger partial charge in [-0.1, -0.05) is 60.1 Å². The van der Waals surface area contributed by atoms with Gasteiger partial charge < -0.3 is 10.6 Å². The van der Waals surface area contributed by atoms with E-state index in [4.69, 9.17) is 11.6 Å². The van der Waals surface area contributed by atoms with Crippen LogP contribution in [0, 0.1) is 0 Å². The standard InChI is InChI=1S/C25H20ClN3O2S2/c1-16(30)27-20-8-5-9-21(14-20)33-23(18-6-3-2-4-7-18)24(31)29-25-28-22(15-32-25)17-10-12-19(26)13-11-17/h2-15,23H,1H3,(H,27,30)(H,28,29,31). The Balaban J connectivity index is 1.55. The molecule has 2 amide bonds. The largest absolute Gasteiger partial charge is 0.326 e. The molecule has 1 aromatic heterocycles. The van der Waals surface area contributed by atoms with Crippen molar-refractivity contribution in [1.29, 1.82) is 0 Å². The van der Waals surface area contributed by atoms with E-state index >= 15 is 0 Å².